The van der Waals surface area contributed by atoms with Crippen LogP contribution in [0.15, 0.2) is 23.6 Å². The minimum absolute atomic E-state index is 0.167. The largest absolute Gasteiger partial charge is 0.487 e. The molecule has 21 heavy (non-hydrogen) atoms. The minimum atomic E-state index is 0.167. The topological polar surface area (TPSA) is 34.2 Å². The first-order valence-electron chi connectivity index (χ1n) is 7.22. The number of ether oxygens (including phenoxy) is 1. The summed E-state index contributed by atoms with van der Waals surface area (Å²) >= 11 is 1.67. The molecule has 114 valence electrons. The quantitative estimate of drug-likeness (QED) is 0.905. The van der Waals surface area contributed by atoms with Crippen LogP contribution in [0, 0.1) is 6.92 Å². The van der Waals surface area contributed by atoms with Crippen LogP contribution < -0.4 is 10.1 Å². The fourth-order valence-electron chi connectivity index (χ4n) is 2.08. The van der Waals surface area contributed by atoms with Crippen molar-refractivity contribution in [2.24, 2.45) is 0 Å². The van der Waals surface area contributed by atoms with Crippen LogP contribution in [0.3, 0.4) is 0 Å². The zero-order chi connectivity index (χ0) is 15.5. The number of benzene rings is 1. The predicted octanol–water partition coefficient (Wildman–Crippen LogP) is 4.05. The fourth-order valence-corrected chi connectivity index (χ4v) is 2.87. The van der Waals surface area contributed by atoms with E-state index in [4.69, 9.17) is 4.74 Å². The average Bonchev–Trinajstić information content (AvgIpc) is 2.84. The second-order valence-corrected chi connectivity index (χ2v) is 7.22. The van der Waals surface area contributed by atoms with E-state index in [-0.39, 0.29) is 5.41 Å². The normalized spacial score (nSPS) is 11.7. The second-order valence-electron chi connectivity index (χ2n) is 6.28. The van der Waals surface area contributed by atoms with Gasteiger partial charge in [-0.3, -0.25) is 0 Å². The highest BCUT2D eigenvalue weighted by Gasteiger charge is 2.14. The van der Waals surface area contributed by atoms with Gasteiger partial charge in [-0.2, -0.15) is 0 Å². The number of thiazole rings is 1. The Balaban J connectivity index is 2.02. The Labute approximate surface area is 131 Å². The third kappa shape index (κ3) is 4.29. The van der Waals surface area contributed by atoms with Crippen LogP contribution in [-0.2, 0) is 18.6 Å². The zero-order valence-corrected chi connectivity index (χ0v) is 14.3. The number of aryl methyl sites for hydroxylation is 1. The summed E-state index contributed by atoms with van der Waals surface area (Å²) in [4.78, 5) is 4.53. The molecule has 0 unspecified atom stereocenters. The first-order valence-corrected chi connectivity index (χ1v) is 8.10. The fraction of sp³-hybridized carbons (Fsp3) is 0.471. The molecule has 1 heterocycles. The Bertz CT molecular complexity index is 599. The smallest absolute Gasteiger partial charge is 0.131 e. The molecule has 1 aromatic heterocycles. The molecule has 0 atom stereocenters. The highest BCUT2D eigenvalue weighted by atomic mass is 32.1. The van der Waals surface area contributed by atoms with E-state index in [1.54, 1.807) is 11.3 Å². The highest BCUT2D eigenvalue weighted by molar-refractivity contribution is 7.09. The monoisotopic (exact) mass is 304 g/mol. The third-order valence-electron chi connectivity index (χ3n) is 3.34. The lowest BCUT2D eigenvalue weighted by atomic mass is 9.86. The van der Waals surface area contributed by atoms with Crippen molar-refractivity contribution in [1.82, 2.24) is 10.3 Å². The van der Waals surface area contributed by atoms with Gasteiger partial charge in [0.25, 0.3) is 0 Å². The van der Waals surface area contributed by atoms with Crippen LogP contribution in [0.2, 0.25) is 0 Å². The maximum atomic E-state index is 5.91. The van der Waals surface area contributed by atoms with Crippen LogP contribution in [-0.4, -0.2) is 12.0 Å². The maximum Gasteiger partial charge on any atom is 0.131 e. The number of nitrogens with zero attached hydrogens (tertiary/aromatic N) is 1. The van der Waals surface area contributed by atoms with Crippen LogP contribution >= 0.6 is 11.3 Å². The van der Waals surface area contributed by atoms with E-state index >= 15 is 0 Å². The molecular formula is C17H24N2OS. The van der Waals surface area contributed by atoms with E-state index in [1.165, 1.54) is 11.1 Å². The Morgan fingerprint density at radius 1 is 1.29 bits per heavy atom. The first kappa shape index (κ1) is 16.0. The van der Waals surface area contributed by atoms with Gasteiger partial charge in [0.15, 0.2) is 0 Å². The molecular weight excluding hydrogens is 280 g/mol. The lowest BCUT2D eigenvalue weighted by Gasteiger charge is -2.20. The van der Waals surface area contributed by atoms with E-state index < -0.39 is 0 Å². The third-order valence-corrected chi connectivity index (χ3v) is 4.24. The molecule has 0 spiro atoms. The van der Waals surface area contributed by atoms with Crippen molar-refractivity contribution in [1.29, 1.82) is 0 Å². The van der Waals surface area contributed by atoms with Gasteiger partial charge in [0.05, 0.1) is 5.69 Å². The summed E-state index contributed by atoms with van der Waals surface area (Å²) in [7, 11) is 1.93. The molecule has 0 aliphatic heterocycles. The van der Waals surface area contributed by atoms with Gasteiger partial charge in [0, 0.05) is 11.9 Å². The molecule has 1 N–H and O–H groups in total. The van der Waals surface area contributed by atoms with Gasteiger partial charge < -0.3 is 10.1 Å². The Hall–Kier alpha value is -1.39. The van der Waals surface area contributed by atoms with Gasteiger partial charge in [-0.05, 0) is 36.6 Å². The predicted molar refractivity (Wildman–Crippen MR) is 89.1 cm³/mol. The number of nitrogens with one attached hydrogen (secondary N) is 1. The molecule has 4 heteroatoms. The summed E-state index contributed by atoms with van der Waals surface area (Å²) in [5, 5.41) is 6.26. The zero-order valence-electron chi connectivity index (χ0n) is 13.5. The van der Waals surface area contributed by atoms with Crippen molar-refractivity contribution in [2.75, 3.05) is 7.05 Å². The molecule has 0 amide bonds. The first-order chi connectivity index (χ1) is 9.90. The number of hydrogen-bond donors (Lipinski definition) is 1. The van der Waals surface area contributed by atoms with Crippen LogP contribution in [0.1, 0.15) is 42.6 Å². The van der Waals surface area contributed by atoms with Gasteiger partial charge in [0.1, 0.15) is 17.4 Å². The number of hydrogen-bond acceptors (Lipinski definition) is 4. The van der Waals surface area contributed by atoms with E-state index in [0.717, 1.165) is 23.0 Å². The molecule has 0 aliphatic carbocycles. The Morgan fingerprint density at radius 3 is 2.67 bits per heavy atom. The summed E-state index contributed by atoms with van der Waals surface area (Å²) in [5.41, 5.74) is 3.66. The second kappa shape index (κ2) is 6.58. The molecule has 1 aromatic carbocycles. The van der Waals surface area contributed by atoms with Crippen molar-refractivity contribution < 1.29 is 4.74 Å². The molecule has 2 aromatic rings. The average molecular weight is 304 g/mol. The Morgan fingerprint density at radius 2 is 2.05 bits per heavy atom. The maximum absolute atomic E-state index is 5.91. The molecule has 0 saturated heterocycles. The molecule has 0 bridgehead atoms. The SMILES string of the molecule is CNCc1nc(COc2ccc(C(C)(C)C)cc2C)cs1. The number of aromatic nitrogens is 1. The highest BCUT2D eigenvalue weighted by Crippen LogP contribution is 2.28. The van der Waals surface area contributed by atoms with Crippen molar-refractivity contribution in [3.8, 4) is 5.75 Å². The molecule has 0 radical (unpaired) electrons. The number of rotatable bonds is 5. The van der Waals surface area contributed by atoms with Crippen molar-refractivity contribution in [3.63, 3.8) is 0 Å². The van der Waals surface area contributed by atoms with Gasteiger partial charge in [-0.25, -0.2) is 4.98 Å². The van der Waals surface area contributed by atoms with Crippen molar-refractivity contribution in [2.45, 2.75) is 46.3 Å². The van der Waals surface area contributed by atoms with Crippen LogP contribution in [0.5, 0.6) is 5.75 Å². The van der Waals surface area contributed by atoms with Crippen LogP contribution in [0.4, 0.5) is 0 Å². The van der Waals surface area contributed by atoms with Crippen molar-refractivity contribution >= 4 is 11.3 Å². The standard InChI is InChI=1S/C17H24N2OS/c1-12-8-13(17(2,3)4)6-7-15(12)20-10-14-11-21-16(19-14)9-18-5/h6-8,11,18H,9-10H2,1-5H3. The van der Waals surface area contributed by atoms with Gasteiger partial charge >= 0.3 is 0 Å². The molecule has 0 fully saturated rings. The lowest BCUT2D eigenvalue weighted by Crippen LogP contribution is -2.11. The van der Waals surface area contributed by atoms with Crippen molar-refractivity contribution in [3.05, 3.63) is 45.4 Å². The molecule has 0 saturated carbocycles. The van der Waals surface area contributed by atoms with Gasteiger partial charge in [-0.15, -0.1) is 11.3 Å². The van der Waals surface area contributed by atoms with Gasteiger partial charge in [0.2, 0.25) is 0 Å². The van der Waals surface area contributed by atoms with Crippen LogP contribution in [0.25, 0.3) is 0 Å². The molecule has 2 rings (SSSR count). The molecule has 3 nitrogen and oxygen atoms in total. The lowest BCUT2D eigenvalue weighted by molar-refractivity contribution is 0.299. The summed E-state index contributed by atoms with van der Waals surface area (Å²) < 4.78 is 5.91. The summed E-state index contributed by atoms with van der Waals surface area (Å²) in [6.45, 7) is 10.1. The van der Waals surface area contributed by atoms with E-state index in [0.29, 0.717) is 6.61 Å². The molecule has 0 aliphatic rings. The summed E-state index contributed by atoms with van der Waals surface area (Å²) in [5.74, 6) is 0.936. The van der Waals surface area contributed by atoms with E-state index in [2.05, 4.69) is 61.6 Å². The van der Waals surface area contributed by atoms with Gasteiger partial charge in [-0.1, -0.05) is 32.9 Å². The minimum Gasteiger partial charge on any atom is -0.487 e. The van der Waals surface area contributed by atoms with E-state index in [9.17, 15) is 0 Å². The summed E-state index contributed by atoms with van der Waals surface area (Å²) in [6.07, 6.45) is 0. The van der Waals surface area contributed by atoms with E-state index in [1.807, 2.05) is 7.05 Å². The Kier molecular flexibility index (Phi) is 5.01. The summed E-state index contributed by atoms with van der Waals surface area (Å²) in [6, 6.07) is 6.43.